The first-order valence-corrected chi connectivity index (χ1v) is 6.06. The molecule has 0 unspecified atom stereocenters. The molecule has 0 aliphatic heterocycles. The number of furan rings is 1. The maximum Gasteiger partial charge on any atom is 0.224 e. The standard InChI is InChI=1S/C15H12O5/c1-6-4-9(16)11-8-5-10(19-3)13(18)7(2)14(8)20-15(11)12(6)17/h4-5,18H,1-3H3. The average Bonchev–Trinajstić information content (AvgIpc) is 2.80. The van der Waals surface area contributed by atoms with E-state index in [-0.39, 0.29) is 34.4 Å². The highest BCUT2D eigenvalue weighted by molar-refractivity contribution is 6.28. The second-order valence-electron chi connectivity index (χ2n) is 4.76. The summed E-state index contributed by atoms with van der Waals surface area (Å²) in [6, 6.07) is 1.51. The van der Waals surface area contributed by atoms with Crippen LogP contribution >= 0.6 is 0 Å². The predicted octanol–water partition coefficient (Wildman–Crippen LogP) is 2.78. The van der Waals surface area contributed by atoms with Gasteiger partial charge in [0.1, 0.15) is 5.58 Å². The maximum absolute atomic E-state index is 12.1. The quantitative estimate of drug-likeness (QED) is 0.863. The Hall–Kier alpha value is -2.56. The fraction of sp³-hybridized carbons (Fsp3) is 0.200. The minimum Gasteiger partial charge on any atom is -0.504 e. The molecule has 1 aromatic heterocycles. The summed E-state index contributed by atoms with van der Waals surface area (Å²) in [5, 5.41) is 10.5. The van der Waals surface area contributed by atoms with Crippen molar-refractivity contribution in [3.63, 3.8) is 0 Å². The highest BCUT2D eigenvalue weighted by Gasteiger charge is 2.31. The fourth-order valence-corrected chi connectivity index (χ4v) is 2.43. The van der Waals surface area contributed by atoms with Crippen molar-refractivity contribution in [2.45, 2.75) is 13.8 Å². The van der Waals surface area contributed by atoms with Gasteiger partial charge < -0.3 is 14.3 Å². The van der Waals surface area contributed by atoms with Crippen molar-refractivity contribution in [2.24, 2.45) is 0 Å². The summed E-state index contributed by atoms with van der Waals surface area (Å²) >= 11 is 0. The number of ether oxygens (including phenoxy) is 1. The van der Waals surface area contributed by atoms with Crippen molar-refractivity contribution in [3.05, 3.63) is 34.6 Å². The van der Waals surface area contributed by atoms with E-state index >= 15 is 0 Å². The number of Topliss-reactive ketones (excluding diaryl/α,β-unsaturated/α-hetero) is 1. The van der Waals surface area contributed by atoms with Crippen LogP contribution in [0.15, 0.2) is 22.1 Å². The van der Waals surface area contributed by atoms with Crippen LogP contribution in [0.4, 0.5) is 0 Å². The predicted molar refractivity (Wildman–Crippen MR) is 71.6 cm³/mol. The first-order valence-electron chi connectivity index (χ1n) is 6.06. The van der Waals surface area contributed by atoms with Gasteiger partial charge in [-0.25, -0.2) is 0 Å². The Morgan fingerprint density at radius 2 is 1.95 bits per heavy atom. The van der Waals surface area contributed by atoms with Crippen LogP contribution in [0.5, 0.6) is 11.5 Å². The first kappa shape index (κ1) is 12.5. The fourth-order valence-electron chi connectivity index (χ4n) is 2.43. The largest absolute Gasteiger partial charge is 0.504 e. The third-order valence-electron chi connectivity index (χ3n) is 3.53. The lowest BCUT2D eigenvalue weighted by atomic mass is 9.94. The number of aryl methyl sites for hydroxylation is 1. The van der Waals surface area contributed by atoms with Crippen LogP contribution < -0.4 is 4.74 Å². The summed E-state index contributed by atoms with van der Waals surface area (Å²) in [6.07, 6.45) is 1.30. The molecule has 0 fully saturated rings. The van der Waals surface area contributed by atoms with E-state index in [1.165, 1.54) is 19.3 Å². The van der Waals surface area contributed by atoms with Gasteiger partial charge in [-0.3, -0.25) is 9.59 Å². The van der Waals surface area contributed by atoms with Gasteiger partial charge in [-0.2, -0.15) is 0 Å². The van der Waals surface area contributed by atoms with Crippen LogP contribution in [0.25, 0.3) is 11.0 Å². The Morgan fingerprint density at radius 1 is 1.25 bits per heavy atom. The zero-order chi connectivity index (χ0) is 14.6. The Morgan fingerprint density at radius 3 is 2.60 bits per heavy atom. The Balaban J connectivity index is 2.44. The second-order valence-corrected chi connectivity index (χ2v) is 4.76. The summed E-state index contributed by atoms with van der Waals surface area (Å²) in [4.78, 5) is 24.2. The number of methoxy groups -OCH3 is 1. The number of benzene rings is 1. The lowest BCUT2D eigenvalue weighted by Gasteiger charge is -2.07. The molecule has 0 amide bonds. The summed E-state index contributed by atoms with van der Waals surface area (Å²) in [6.45, 7) is 3.21. The SMILES string of the molecule is COc1cc2c3c(oc2c(C)c1O)C(=O)C(C)=CC3=O. The minimum absolute atomic E-state index is 0.0285. The highest BCUT2D eigenvalue weighted by atomic mass is 16.5. The molecule has 0 radical (unpaired) electrons. The number of allylic oxidation sites excluding steroid dienone is 2. The molecule has 2 aromatic rings. The molecule has 1 aromatic carbocycles. The molecule has 5 nitrogen and oxygen atoms in total. The van der Waals surface area contributed by atoms with Gasteiger partial charge in [-0.1, -0.05) is 0 Å². The topological polar surface area (TPSA) is 76.7 Å². The average molecular weight is 272 g/mol. The second kappa shape index (κ2) is 3.96. The van der Waals surface area contributed by atoms with Crippen molar-refractivity contribution in [1.29, 1.82) is 0 Å². The zero-order valence-electron chi connectivity index (χ0n) is 11.2. The number of aromatic hydroxyl groups is 1. The third-order valence-corrected chi connectivity index (χ3v) is 3.53. The molecule has 0 spiro atoms. The molecular formula is C15H12O5. The van der Waals surface area contributed by atoms with E-state index in [9.17, 15) is 14.7 Å². The summed E-state index contributed by atoms with van der Waals surface area (Å²) < 4.78 is 10.6. The lowest BCUT2D eigenvalue weighted by molar-refractivity contribution is 0.0966. The molecular weight excluding hydrogens is 260 g/mol. The van der Waals surface area contributed by atoms with E-state index in [0.717, 1.165) is 0 Å². The highest BCUT2D eigenvalue weighted by Crippen LogP contribution is 2.41. The summed E-state index contributed by atoms with van der Waals surface area (Å²) in [5.41, 5.74) is 1.34. The molecule has 3 rings (SSSR count). The Kier molecular flexibility index (Phi) is 2.47. The van der Waals surface area contributed by atoms with Gasteiger partial charge >= 0.3 is 0 Å². The van der Waals surface area contributed by atoms with Crippen molar-refractivity contribution in [2.75, 3.05) is 7.11 Å². The van der Waals surface area contributed by atoms with Crippen LogP contribution in [-0.4, -0.2) is 23.8 Å². The van der Waals surface area contributed by atoms with E-state index in [1.54, 1.807) is 13.8 Å². The number of ketones is 2. The maximum atomic E-state index is 12.1. The van der Waals surface area contributed by atoms with Crippen molar-refractivity contribution in [1.82, 2.24) is 0 Å². The molecule has 0 bridgehead atoms. The number of rotatable bonds is 1. The van der Waals surface area contributed by atoms with Crippen LogP contribution in [0.3, 0.4) is 0 Å². The van der Waals surface area contributed by atoms with Crippen LogP contribution in [-0.2, 0) is 0 Å². The molecule has 20 heavy (non-hydrogen) atoms. The summed E-state index contributed by atoms with van der Waals surface area (Å²) in [7, 11) is 1.42. The van der Waals surface area contributed by atoms with Crippen molar-refractivity contribution in [3.8, 4) is 11.5 Å². The van der Waals surface area contributed by atoms with E-state index in [0.29, 0.717) is 22.1 Å². The molecule has 5 heteroatoms. The van der Waals surface area contributed by atoms with Gasteiger partial charge in [-0.15, -0.1) is 0 Å². The number of phenols is 1. The van der Waals surface area contributed by atoms with Crippen LogP contribution in [0, 0.1) is 6.92 Å². The molecule has 0 atom stereocenters. The zero-order valence-corrected chi connectivity index (χ0v) is 11.2. The number of carbonyl (C=O) groups is 2. The van der Waals surface area contributed by atoms with Crippen LogP contribution in [0.1, 0.15) is 33.4 Å². The molecule has 1 aliphatic rings. The third kappa shape index (κ3) is 1.43. The summed E-state index contributed by atoms with van der Waals surface area (Å²) in [5.74, 6) is -0.377. The monoisotopic (exact) mass is 272 g/mol. The molecule has 0 saturated carbocycles. The molecule has 102 valence electrons. The van der Waals surface area contributed by atoms with Crippen molar-refractivity contribution < 1.29 is 23.8 Å². The first-order chi connectivity index (χ1) is 9.45. The number of phenolic OH excluding ortho intramolecular Hbond substituents is 1. The van der Waals surface area contributed by atoms with E-state index in [1.807, 2.05) is 0 Å². The lowest BCUT2D eigenvalue weighted by Crippen LogP contribution is -2.13. The van der Waals surface area contributed by atoms with E-state index < -0.39 is 0 Å². The van der Waals surface area contributed by atoms with Gasteiger partial charge in [0, 0.05) is 16.5 Å². The van der Waals surface area contributed by atoms with Gasteiger partial charge in [0.15, 0.2) is 23.0 Å². The number of carbonyl (C=O) groups excluding carboxylic acids is 2. The number of fused-ring (bicyclic) bond motifs is 3. The normalized spacial score (nSPS) is 14.4. The molecule has 0 saturated heterocycles. The molecule has 1 N–H and O–H groups in total. The Labute approximate surface area is 114 Å². The molecule has 1 aliphatic carbocycles. The van der Waals surface area contributed by atoms with Crippen LogP contribution in [0.2, 0.25) is 0 Å². The Bertz CT molecular complexity index is 808. The van der Waals surface area contributed by atoms with Gasteiger partial charge in [0.25, 0.3) is 0 Å². The smallest absolute Gasteiger partial charge is 0.224 e. The minimum atomic E-state index is -0.311. The van der Waals surface area contributed by atoms with E-state index in [2.05, 4.69) is 0 Å². The van der Waals surface area contributed by atoms with E-state index in [4.69, 9.17) is 9.15 Å². The number of hydrogen-bond donors (Lipinski definition) is 1. The van der Waals surface area contributed by atoms with Crippen molar-refractivity contribution >= 4 is 22.5 Å². The molecule has 1 heterocycles. The van der Waals surface area contributed by atoms with Gasteiger partial charge in [0.05, 0.1) is 12.7 Å². The van der Waals surface area contributed by atoms with Gasteiger partial charge in [0.2, 0.25) is 5.78 Å². The van der Waals surface area contributed by atoms with Gasteiger partial charge in [-0.05, 0) is 26.0 Å². The number of hydrogen-bond acceptors (Lipinski definition) is 5.